The lowest BCUT2D eigenvalue weighted by Crippen LogP contribution is -2.30. The molecule has 0 heterocycles. The van der Waals surface area contributed by atoms with Gasteiger partial charge in [-0.2, -0.15) is 0 Å². The van der Waals surface area contributed by atoms with Crippen LogP contribution in [0.25, 0.3) is 0 Å². The maximum atomic E-state index is 12.2. The van der Waals surface area contributed by atoms with Crippen LogP contribution in [0.5, 0.6) is 0 Å². The number of esters is 1. The number of halogens is 2. The molecule has 0 aromatic heterocycles. The van der Waals surface area contributed by atoms with Gasteiger partial charge in [0, 0.05) is 12.1 Å². The van der Waals surface area contributed by atoms with Crippen molar-refractivity contribution in [2.24, 2.45) is 0 Å². The molecule has 0 fully saturated rings. The fraction of sp³-hybridized carbons (Fsp3) is 0.222. The Hall–Kier alpha value is -2.08. The zero-order valence-corrected chi connectivity index (χ0v) is 15.2. The molecular weight excluding hydrogens is 365 g/mol. The molecule has 1 N–H and O–H groups in total. The Bertz CT molecular complexity index is 762. The maximum Gasteiger partial charge on any atom is 0.338 e. The predicted octanol–water partition coefficient (Wildman–Crippen LogP) is 4.32. The van der Waals surface area contributed by atoms with Gasteiger partial charge in [-0.25, -0.2) is 4.79 Å². The van der Waals surface area contributed by atoms with E-state index >= 15 is 0 Å². The molecule has 0 spiro atoms. The van der Waals surface area contributed by atoms with Crippen molar-refractivity contribution in [1.82, 2.24) is 0 Å². The molecule has 5 nitrogen and oxygen atoms in total. The molecule has 1 unspecified atom stereocenters. The number of anilines is 1. The smallest absolute Gasteiger partial charge is 0.338 e. The SMILES string of the molecule is COCc1ccc(C(=O)OC(C)C(=O)Nc2cc(Cl)ccc2Cl)cc1. The molecule has 2 aromatic carbocycles. The van der Waals surface area contributed by atoms with E-state index in [1.54, 1.807) is 43.5 Å². The largest absolute Gasteiger partial charge is 0.449 e. The quantitative estimate of drug-likeness (QED) is 0.756. The molecular formula is C18H17Cl2NO4. The van der Waals surface area contributed by atoms with Crippen LogP contribution in [-0.4, -0.2) is 25.1 Å². The number of methoxy groups -OCH3 is 1. The fourth-order valence-corrected chi connectivity index (χ4v) is 2.35. The highest BCUT2D eigenvalue weighted by Crippen LogP contribution is 2.25. The van der Waals surface area contributed by atoms with E-state index in [4.69, 9.17) is 32.7 Å². The number of rotatable bonds is 6. The molecule has 0 aliphatic heterocycles. The lowest BCUT2D eigenvalue weighted by Gasteiger charge is -2.14. The fourth-order valence-electron chi connectivity index (χ4n) is 2.01. The Morgan fingerprint density at radius 2 is 1.80 bits per heavy atom. The maximum absolute atomic E-state index is 12.2. The summed E-state index contributed by atoms with van der Waals surface area (Å²) in [4.78, 5) is 24.3. The summed E-state index contributed by atoms with van der Waals surface area (Å²) < 4.78 is 10.2. The van der Waals surface area contributed by atoms with E-state index in [2.05, 4.69) is 5.32 Å². The first-order valence-electron chi connectivity index (χ1n) is 7.45. The van der Waals surface area contributed by atoms with Gasteiger partial charge in [0.05, 0.1) is 22.9 Å². The Balaban J connectivity index is 1.98. The summed E-state index contributed by atoms with van der Waals surface area (Å²) in [6, 6.07) is 11.5. The van der Waals surface area contributed by atoms with Crippen LogP contribution in [0, 0.1) is 0 Å². The van der Waals surface area contributed by atoms with Gasteiger partial charge < -0.3 is 14.8 Å². The molecule has 0 radical (unpaired) electrons. The van der Waals surface area contributed by atoms with Crippen molar-refractivity contribution in [3.05, 3.63) is 63.6 Å². The van der Waals surface area contributed by atoms with E-state index < -0.39 is 18.0 Å². The summed E-state index contributed by atoms with van der Waals surface area (Å²) in [6.07, 6.45) is -0.999. The number of carbonyl (C=O) groups excluding carboxylic acids is 2. The zero-order valence-electron chi connectivity index (χ0n) is 13.7. The molecule has 2 rings (SSSR count). The van der Waals surface area contributed by atoms with Crippen LogP contribution >= 0.6 is 23.2 Å². The first-order chi connectivity index (χ1) is 11.9. The van der Waals surface area contributed by atoms with Crippen LogP contribution in [0.2, 0.25) is 10.0 Å². The van der Waals surface area contributed by atoms with Crippen LogP contribution in [-0.2, 0) is 20.9 Å². The number of ether oxygens (including phenoxy) is 2. The molecule has 1 atom stereocenters. The van der Waals surface area contributed by atoms with E-state index in [0.717, 1.165) is 5.56 Å². The van der Waals surface area contributed by atoms with Gasteiger partial charge in [-0.05, 0) is 42.8 Å². The van der Waals surface area contributed by atoms with Gasteiger partial charge >= 0.3 is 5.97 Å². The normalized spacial score (nSPS) is 11.7. The van der Waals surface area contributed by atoms with Crippen LogP contribution in [0.1, 0.15) is 22.8 Å². The third-order valence-corrected chi connectivity index (χ3v) is 3.90. The summed E-state index contributed by atoms with van der Waals surface area (Å²) in [6.45, 7) is 1.93. The summed E-state index contributed by atoms with van der Waals surface area (Å²) >= 11 is 11.9. The van der Waals surface area contributed by atoms with Gasteiger partial charge in [0.15, 0.2) is 6.10 Å². The topological polar surface area (TPSA) is 64.6 Å². The van der Waals surface area contributed by atoms with E-state index in [0.29, 0.717) is 27.9 Å². The van der Waals surface area contributed by atoms with E-state index in [1.807, 2.05) is 0 Å². The van der Waals surface area contributed by atoms with Crippen LogP contribution in [0.3, 0.4) is 0 Å². The summed E-state index contributed by atoms with van der Waals surface area (Å²) in [5, 5.41) is 3.35. The lowest BCUT2D eigenvalue weighted by molar-refractivity contribution is -0.123. The van der Waals surface area contributed by atoms with Crippen LogP contribution in [0.4, 0.5) is 5.69 Å². The highest BCUT2D eigenvalue weighted by atomic mass is 35.5. The third kappa shape index (κ3) is 5.46. The molecule has 2 aromatic rings. The Morgan fingerprint density at radius 3 is 2.44 bits per heavy atom. The number of hydrogen-bond acceptors (Lipinski definition) is 4. The second-order valence-corrected chi connectivity index (χ2v) is 6.13. The second kappa shape index (κ2) is 8.85. The minimum atomic E-state index is -0.999. The number of hydrogen-bond donors (Lipinski definition) is 1. The van der Waals surface area contributed by atoms with Crippen LogP contribution in [0.15, 0.2) is 42.5 Å². The lowest BCUT2D eigenvalue weighted by atomic mass is 10.1. The molecule has 132 valence electrons. The molecule has 25 heavy (non-hydrogen) atoms. The molecule has 0 bridgehead atoms. The predicted molar refractivity (Wildman–Crippen MR) is 97.1 cm³/mol. The number of carbonyl (C=O) groups is 2. The first-order valence-corrected chi connectivity index (χ1v) is 8.21. The number of nitrogens with one attached hydrogen (secondary N) is 1. The van der Waals surface area contributed by atoms with Crippen molar-refractivity contribution < 1.29 is 19.1 Å². The molecule has 0 saturated heterocycles. The number of amides is 1. The average molecular weight is 382 g/mol. The summed E-state index contributed by atoms with van der Waals surface area (Å²) in [5.41, 5.74) is 1.63. The second-order valence-electron chi connectivity index (χ2n) is 5.29. The molecule has 0 saturated carbocycles. The number of benzene rings is 2. The first kappa shape index (κ1) is 19.2. The minimum absolute atomic E-state index is 0.338. The molecule has 0 aliphatic rings. The highest BCUT2D eigenvalue weighted by molar-refractivity contribution is 6.35. The zero-order chi connectivity index (χ0) is 18.4. The Kier molecular flexibility index (Phi) is 6.82. The molecule has 7 heteroatoms. The van der Waals surface area contributed by atoms with Crippen molar-refractivity contribution >= 4 is 40.8 Å². The van der Waals surface area contributed by atoms with Gasteiger partial charge in [0.1, 0.15) is 0 Å². The van der Waals surface area contributed by atoms with Gasteiger partial charge in [0.25, 0.3) is 5.91 Å². The average Bonchev–Trinajstić information content (AvgIpc) is 2.59. The summed E-state index contributed by atoms with van der Waals surface area (Å²) in [5.74, 6) is -1.10. The van der Waals surface area contributed by atoms with Crippen molar-refractivity contribution in [2.45, 2.75) is 19.6 Å². The monoisotopic (exact) mass is 381 g/mol. The standard InChI is InChI=1S/C18H17Cl2NO4/c1-11(17(22)21-16-9-14(19)7-8-15(16)20)25-18(23)13-5-3-12(4-6-13)10-24-2/h3-9,11H,10H2,1-2H3,(H,21,22). The van der Waals surface area contributed by atoms with Crippen molar-refractivity contribution in [3.8, 4) is 0 Å². The van der Waals surface area contributed by atoms with E-state index in [-0.39, 0.29) is 0 Å². The van der Waals surface area contributed by atoms with Gasteiger partial charge in [-0.1, -0.05) is 35.3 Å². The molecule has 0 aliphatic carbocycles. The third-order valence-electron chi connectivity index (χ3n) is 3.34. The Labute approximate surface area is 155 Å². The van der Waals surface area contributed by atoms with Crippen molar-refractivity contribution in [1.29, 1.82) is 0 Å². The molecule has 1 amide bonds. The van der Waals surface area contributed by atoms with Crippen molar-refractivity contribution in [2.75, 3.05) is 12.4 Å². The van der Waals surface area contributed by atoms with Gasteiger partial charge in [0.2, 0.25) is 0 Å². The van der Waals surface area contributed by atoms with Gasteiger partial charge in [-0.3, -0.25) is 4.79 Å². The minimum Gasteiger partial charge on any atom is -0.449 e. The van der Waals surface area contributed by atoms with Gasteiger partial charge in [-0.15, -0.1) is 0 Å². The van der Waals surface area contributed by atoms with Crippen LogP contribution < -0.4 is 5.32 Å². The van der Waals surface area contributed by atoms with E-state index in [1.165, 1.54) is 13.0 Å². The van der Waals surface area contributed by atoms with Crippen molar-refractivity contribution in [3.63, 3.8) is 0 Å². The highest BCUT2D eigenvalue weighted by Gasteiger charge is 2.20. The van der Waals surface area contributed by atoms with E-state index in [9.17, 15) is 9.59 Å². The Morgan fingerprint density at radius 1 is 1.12 bits per heavy atom. The summed E-state index contributed by atoms with van der Waals surface area (Å²) in [7, 11) is 1.59.